The summed E-state index contributed by atoms with van der Waals surface area (Å²) in [6.45, 7) is -0.367. The van der Waals surface area contributed by atoms with E-state index < -0.39 is 36.8 Å². The molecule has 1 heterocycles. The number of fused-ring (bicyclic) bond motifs is 1. The Kier molecular flexibility index (Phi) is 4.83. The van der Waals surface area contributed by atoms with Crippen LogP contribution in [0.3, 0.4) is 0 Å². The van der Waals surface area contributed by atoms with E-state index in [0.29, 0.717) is 0 Å². The molecule has 3 rings (SSSR count). The largest absolute Gasteiger partial charge is 0.476 e. The number of sulfone groups is 1. The van der Waals surface area contributed by atoms with Gasteiger partial charge in [0.15, 0.2) is 15.9 Å². The van der Waals surface area contributed by atoms with Crippen LogP contribution < -0.4 is 14.8 Å². The molecule has 27 heavy (non-hydrogen) atoms. The van der Waals surface area contributed by atoms with Crippen molar-refractivity contribution in [2.24, 2.45) is 5.73 Å². The van der Waals surface area contributed by atoms with Crippen LogP contribution in [0.15, 0.2) is 52.3 Å². The zero-order valence-corrected chi connectivity index (χ0v) is 16.4. The fourth-order valence-corrected chi connectivity index (χ4v) is 5.31. The van der Waals surface area contributed by atoms with Crippen LogP contribution in [0.1, 0.15) is 0 Å². The van der Waals surface area contributed by atoms with Gasteiger partial charge in [-0.2, -0.15) is 0 Å². The number of anilines is 1. The van der Waals surface area contributed by atoms with Crippen molar-refractivity contribution in [1.82, 2.24) is 0 Å². The van der Waals surface area contributed by atoms with E-state index in [1.165, 1.54) is 24.3 Å². The number of carbonyl (C=O) groups excluding carboxylic acids is 1. The number of rotatable bonds is 4. The van der Waals surface area contributed by atoms with Gasteiger partial charge in [-0.1, -0.05) is 23.7 Å². The number of hydrogen-bond donors (Lipinski definition) is 1. The highest BCUT2D eigenvalue weighted by Gasteiger charge is 2.37. The molecule has 2 aromatic rings. The van der Waals surface area contributed by atoms with Crippen molar-refractivity contribution in [3.63, 3.8) is 0 Å². The number of nitrogens with zero attached hydrogens (tertiary/aromatic N) is 1. The van der Waals surface area contributed by atoms with Gasteiger partial charge in [-0.05, 0) is 30.3 Å². The summed E-state index contributed by atoms with van der Waals surface area (Å²) >= 11 is 6.05. The lowest BCUT2D eigenvalue weighted by atomic mass is 10.2. The number of benzene rings is 2. The summed E-state index contributed by atoms with van der Waals surface area (Å²) in [5.74, 6) is -0.674. The Morgan fingerprint density at radius 3 is 2.48 bits per heavy atom. The summed E-state index contributed by atoms with van der Waals surface area (Å²) < 4.78 is 56.5. The Morgan fingerprint density at radius 2 is 1.85 bits per heavy atom. The molecule has 0 saturated heterocycles. The van der Waals surface area contributed by atoms with Gasteiger partial charge in [0.1, 0.15) is 10.6 Å². The van der Waals surface area contributed by atoms with Gasteiger partial charge < -0.3 is 10.5 Å². The van der Waals surface area contributed by atoms with Gasteiger partial charge in [0.05, 0.1) is 22.2 Å². The number of para-hydroxylation sites is 2. The molecule has 1 amide bonds. The maximum atomic E-state index is 13.3. The second-order valence-corrected chi connectivity index (χ2v) is 10.1. The second kappa shape index (κ2) is 6.70. The van der Waals surface area contributed by atoms with Crippen molar-refractivity contribution in [2.75, 3.05) is 17.1 Å². The smallest absolute Gasteiger partial charge is 0.266 e. The van der Waals surface area contributed by atoms with E-state index >= 15 is 0 Å². The number of hydrogen-bond acceptors (Lipinski definition) is 6. The highest BCUT2D eigenvalue weighted by Crippen LogP contribution is 2.38. The summed E-state index contributed by atoms with van der Waals surface area (Å²) in [5.41, 5.74) is 5.48. The monoisotopic (exact) mass is 430 g/mol. The average molecular weight is 431 g/mol. The summed E-state index contributed by atoms with van der Waals surface area (Å²) in [5, 5.41) is -0.151. The van der Waals surface area contributed by atoms with Gasteiger partial charge in [0, 0.05) is 6.26 Å². The average Bonchev–Trinajstić information content (AvgIpc) is 2.59. The number of ether oxygens (including phenoxy) is 1. The quantitative estimate of drug-likeness (QED) is 0.776. The highest BCUT2D eigenvalue weighted by molar-refractivity contribution is 7.93. The highest BCUT2D eigenvalue weighted by atomic mass is 35.5. The lowest BCUT2D eigenvalue weighted by Crippen LogP contribution is -2.49. The summed E-state index contributed by atoms with van der Waals surface area (Å²) in [6.07, 6.45) is -0.244. The predicted molar refractivity (Wildman–Crippen MR) is 99.1 cm³/mol. The number of nitrogens with two attached hydrogens (primary N) is 1. The molecule has 1 aliphatic rings. The van der Waals surface area contributed by atoms with Gasteiger partial charge in [-0.3, -0.25) is 9.10 Å². The maximum Gasteiger partial charge on any atom is 0.266 e. The molecule has 8 nitrogen and oxygen atoms in total. The molecule has 0 unspecified atom stereocenters. The zero-order chi connectivity index (χ0) is 20.0. The first-order valence-electron chi connectivity index (χ1n) is 7.59. The normalized spacial score (nSPS) is 17.1. The van der Waals surface area contributed by atoms with Gasteiger partial charge in [0.2, 0.25) is 0 Å². The van der Waals surface area contributed by atoms with E-state index in [4.69, 9.17) is 22.1 Å². The first kappa shape index (κ1) is 19.5. The van der Waals surface area contributed by atoms with Crippen molar-refractivity contribution in [2.45, 2.75) is 15.9 Å². The van der Waals surface area contributed by atoms with Gasteiger partial charge in [0.25, 0.3) is 15.9 Å². The van der Waals surface area contributed by atoms with Crippen LogP contribution in [0.5, 0.6) is 5.75 Å². The van der Waals surface area contributed by atoms with Crippen molar-refractivity contribution in [3.8, 4) is 5.75 Å². The molecule has 0 aromatic heterocycles. The first-order valence-corrected chi connectivity index (χ1v) is 11.3. The van der Waals surface area contributed by atoms with Crippen LogP contribution in [0, 0.1) is 0 Å². The minimum atomic E-state index is -4.31. The van der Waals surface area contributed by atoms with Gasteiger partial charge in [-0.25, -0.2) is 16.8 Å². The van der Waals surface area contributed by atoms with Crippen LogP contribution in [-0.4, -0.2) is 41.6 Å². The van der Waals surface area contributed by atoms with Crippen molar-refractivity contribution in [1.29, 1.82) is 0 Å². The maximum absolute atomic E-state index is 13.3. The summed E-state index contributed by atoms with van der Waals surface area (Å²) in [6, 6.07) is 9.62. The van der Waals surface area contributed by atoms with Crippen LogP contribution in [0.4, 0.5) is 5.69 Å². The molecule has 0 radical (unpaired) electrons. The Balaban J connectivity index is 2.19. The van der Waals surface area contributed by atoms with Crippen LogP contribution >= 0.6 is 11.6 Å². The molecule has 0 aliphatic carbocycles. The third-order valence-electron chi connectivity index (χ3n) is 3.95. The molecule has 1 atom stereocenters. The fourth-order valence-electron chi connectivity index (χ4n) is 2.61. The molecule has 1 aliphatic heterocycles. The zero-order valence-electron chi connectivity index (χ0n) is 14.0. The Morgan fingerprint density at radius 1 is 1.19 bits per heavy atom. The van der Waals surface area contributed by atoms with Crippen molar-refractivity contribution < 1.29 is 26.4 Å². The molecule has 0 fully saturated rings. The predicted octanol–water partition coefficient (Wildman–Crippen LogP) is 1.19. The van der Waals surface area contributed by atoms with Crippen LogP contribution in [0.25, 0.3) is 0 Å². The minimum Gasteiger partial charge on any atom is -0.476 e. The third kappa shape index (κ3) is 3.60. The standard InChI is InChI=1S/C16H15ClN2O6S2/c1-26(21,22)10-6-7-11(17)15(8-10)27(23,24)19-9-14(16(18)20)25-13-5-3-2-4-12(13)19/h2-8,14H,9H2,1H3,(H2,18,20)/t14-/m0/s1. The number of sulfonamides is 1. The molecule has 2 aromatic carbocycles. The van der Waals surface area contributed by atoms with Gasteiger partial charge in [-0.15, -0.1) is 0 Å². The third-order valence-corrected chi connectivity index (χ3v) is 7.32. The summed E-state index contributed by atoms with van der Waals surface area (Å²) in [7, 11) is -7.96. The summed E-state index contributed by atoms with van der Waals surface area (Å²) in [4.78, 5) is 11.0. The van der Waals surface area contributed by atoms with E-state index in [0.717, 1.165) is 16.6 Å². The molecule has 144 valence electrons. The molecular weight excluding hydrogens is 416 g/mol. The van der Waals surface area contributed by atoms with Crippen molar-refractivity contribution in [3.05, 3.63) is 47.5 Å². The lowest BCUT2D eigenvalue weighted by molar-refractivity contribution is -0.124. The Hall–Kier alpha value is -2.30. The van der Waals surface area contributed by atoms with Crippen LogP contribution in [-0.2, 0) is 24.7 Å². The topological polar surface area (TPSA) is 124 Å². The molecule has 0 spiro atoms. The number of carbonyl (C=O) groups is 1. The number of primary amides is 1. The van der Waals surface area contributed by atoms with E-state index in [-0.39, 0.29) is 27.9 Å². The molecule has 11 heteroatoms. The first-order chi connectivity index (χ1) is 12.5. The second-order valence-electron chi connectivity index (χ2n) is 5.88. The SMILES string of the molecule is CS(=O)(=O)c1ccc(Cl)c(S(=O)(=O)N2C[C@@H](C(N)=O)Oc3ccccc32)c1. The lowest BCUT2D eigenvalue weighted by Gasteiger charge is -2.34. The van der Waals surface area contributed by atoms with E-state index in [1.807, 2.05) is 0 Å². The Bertz CT molecular complexity index is 1130. The van der Waals surface area contributed by atoms with E-state index in [2.05, 4.69) is 0 Å². The molecular formula is C16H15ClN2O6S2. The minimum absolute atomic E-state index is 0.151. The van der Waals surface area contributed by atoms with Crippen molar-refractivity contribution >= 4 is 43.1 Å². The van der Waals surface area contributed by atoms with Gasteiger partial charge >= 0.3 is 0 Å². The molecule has 0 saturated carbocycles. The number of amides is 1. The molecule has 2 N–H and O–H groups in total. The van der Waals surface area contributed by atoms with E-state index in [9.17, 15) is 21.6 Å². The molecule has 0 bridgehead atoms. The number of halogens is 1. The van der Waals surface area contributed by atoms with E-state index in [1.54, 1.807) is 12.1 Å². The fraction of sp³-hybridized carbons (Fsp3) is 0.188. The Labute approximate surface area is 161 Å². The van der Waals surface area contributed by atoms with Crippen LogP contribution in [0.2, 0.25) is 5.02 Å².